The first-order valence-corrected chi connectivity index (χ1v) is 9.74. The highest BCUT2D eigenvalue weighted by atomic mass is 16.3. The van der Waals surface area contributed by atoms with E-state index in [1.807, 2.05) is 29.7 Å². The highest BCUT2D eigenvalue weighted by Gasteiger charge is 2.55. The minimum absolute atomic E-state index is 0.0591. The molecule has 3 aliphatic rings. The number of benzene rings is 1. The van der Waals surface area contributed by atoms with E-state index in [9.17, 15) is 9.90 Å². The van der Waals surface area contributed by atoms with Crippen LogP contribution in [-0.4, -0.2) is 44.4 Å². The van der Waals surface area contributed by atoms with Gasteiger partial charge in [-0.25, -0.2) is 0 Å². The normalized spacial score (nSPS) is 30.1. The van der Waals surface area contributed by atoms with E-state index in [1.165, 1.54) is 29.3 Å². The topological polar surface area (TPSA) is 58.4 Å². The van der Waals surface area contributed by atoms with E-state index in [0.29, 0.717) is 18.3 Å². The van der Waals surface area contributed by atoms with Crippen molar-refractivity contribution >= 4 is 16.8 Å². The molecule has 2 aliphatic carbocycles. The van der Waals surface area contributed by atoms with Gasteiger partial charge in [0.2, 0.25) is 5.91 Å². The highest BCUT2D eigenvalue weighted by Crippen LogP contribution is 2.54. The summed E-state index contributed by atoms with van der Waals surface area (Å²) >= 11 is 0. The van der Waals surface area contributed by atoms with E-state index < -0.39 is 5.60 Å². The number of hydrogen-bond acceptors (Lipinski definition) is 3. The van der Waals surface area contributed by atoms with Gasteiger partial charge in [0.25, 0.3) is 0 Å². The van der Waals surface area contributed by atoms with Gasteiger partial charge in [-0.3, -0.25) is 9.48 Å². The van der Waals surface area contributed by atoms with Crippen molar-refractivity contribution in [3.05, 3.63) is 30.0 Å². The van der Waals surface area contributed by atoms with E-state index in [-0.39, 0.29) is 11.8 Å². The van der Waals surface area contributed by atoms with E-state index in [2.05, 4.69) is 23.3 Å². The molecule has 1 N–H and O–H groups in total. The molecule has 3 fully saturated rings. The van der Waals surface area contributed by atoms with Gasteiger partial charge in [-0.1, -0.05) is 12.1 Å². The molecule has 1 saturated heterocycles. The van der Waals surface area contributed by atoms with Crippen molar-refractivity contribution in [2.24, 2.45) is 24.3 Å². The number of hydrogen-bond donors (Lipinski definition) is 1. The molecule has 2 heterocycles. The van der Waals surface area contributed by atoms with Crippen LogP contribution < -0.4 is 0 Å². The number of aromatic nitrogens is 2. The summed E-state index contributed by atoms with van der Waals surface area (Å²) in [4.78, 5) is 14.5. The molecular formula is C21H27N3O2. The van der Waals surface area contributed by atoms with Crippen LogP contribution in [0.4, 0.5) is 0 Å². The zero-order valence-electron chi connectivity index (χ0n) is 15.6. The monoisotopic (exact) mass is 353 g/mol. The van der Waals surface area contributed by atoms with Crippen molar-refractivity contribution in [1.82, 2.24) is 14.7 Å². The maximum atomic E-state index is 12.4. The largest absolute Gasteiger partial charge is 0.390 e. The molecule has 0 bridgehead atoms. The lowest BCUT2D eigenvalue weighted by molar-refractivity contribution is -0.171. The summed E-state index contributed by atoms with van der Waals surface area (Å²) in [5.74, 6) is 1.07. The molecule has 5 heteroatoms. The predicted molar refractivity (Wildman–Crippen MR) is 99.5 cm³/mol. The maximum Gasteiger partial charge on any atom is 0.225 e. The number of rotatable bonds is 3. The van der Waals surface area contributed by atoms with Gasteiger partial charge in [0.1, 0.15) is 0 Å². The molecule has 0 atom stereocenters. The van der Waals surface area contributed by atoms with Gasteiger partial charge < -0.3 is 10.0 Å². The lowest BCUT2D eigenvalue weighted by atomic mass is 9.56. The molecule has 5 rings (SSSR count). The molecule has 0 unspecified atom stereocenters. The molecule has 1 aliphatic heterocycles. The number of amides is 1. The fourth-order valence-electron chi connectivity index (χ4n) is 5.57. The van der Waals surface area contributed by atoms with Crippen LogP contribution in [-0.2, 0) is 18.3 Å². The minimum Gasteiger partial charge on any atom is -0.390 e. The van der Waals surface area contributed by atoms with Gasteiger partial charge in [-0.05, 0) is 56.6 Å². The van der Waals surface area contributed by atoms with Gasteiger partial charge in [-0.15, -0.1) is 0 Å². The van der Waals surface area contributed by atoms with Crippen molar-refractivity contribution < 1.29 is 9.90 Å². The number of carbonyl (C=O) groups excluding carboxylic acids is 1. The van der Waals surface area contributed by atoms with Crippen molar-refractivity contribution in [2.75, 3.05) is 13.1 Å². The third-order valence-corrected chi connectivity index (χ3v) is 6.87. The Labute approximate surface area is 154 Å². The quantitative estimate of drug-likeness (QED) is 0.922. The Balaban J connectivity index is 1.13. The first kappa shape index (κ1) is 16.3. The van der Waals surface area contributed by atoms with Gasteiger partial charge in [0.05, 0.1) is 17.3 Å². The molecular weight excluding hydrogens is 326 g/mol. The first-order chi connectivity index (χ1) is 12.3. The summed E-state index contributed by atoms with van der Waals surface area (Å²) in [6.07, 6.45) is 6.79. The van der Waals surface area contributed by atoms with Crippen molar-refractivity contribution in [3.63, 3.8) is 0 Å². The Hall–Kier alpha value is -1.88. The van der Waals surface area contributed by atoms with E-state index >= 15 is 0 Å². The second kappa shape index (κ2) is 5.32. The van der Waals surface area contributed by atoms with E-state index in [0.717, 1.165) is 25.4 Å². The third kappa shape index (κ3) is 2.56. The summed E-state index contributed by atoms with van der Waals surface area (Å²) in [5.41, 5.74) is 2.38. The van der Waals surface area contributed by atoms with Gasteiger partial charge in [0, 0.05) is 36.9 Å². The standard InChI is InChI=1S/C21H27N3O2/c1-20(26)9-17(10-20)19(25)24-12-21(13-24)7-15(8-21)5-14-3-4-16-11-22-23(2)18(16)6-14/h3-4,6,11,15,17,26H,5,7-10,12-13H2,1-2H3. The van der Waals surface area contributed by atoms with Crippen molar-refractivity contribution in [2.45, 2.75) is 44.6 Å². The average molecular weight is 353 g/mol. The molecule has 0 radical (unpaired) electrons. The van der Waals surface area contributed by atoms with Gasteiger partial charge in [0.15, 0.2) is 0 Å². The highest BCUT2D eigenvalue weighted by molar-refractivity contribution is 5.81. The van der Waals surface area contributed by atoms with Crippen LogP contribution in [0.3, 0.4) is 0 Å². The summed E-state index contributed by atoms with van der Waals surface area (Å²) < 4.78 is 1.94. The Bertz CT molecular complexity index is 863. The second-order valence-corrected chi connectivity index (χ2v) is 9.44. The molecule has 138 valence electrons. The number of fused-ring (bicyclic) bond motifs is 1. The average Bonchev–Trinajstić information content (AvgIpc) is 2.86. The maximum absolute atomic E-state index is 12.4. The molecule has 1 amide bonds. The first-order valence-electron chi connectivity index (χ1n) is 9.74. The Kier molecular flexibility index (Phi) is 3.34. The van der Waals surface area contributed by atoms with Crippen LogP contribution in [0.25, 0.3) is 10.9 Å². The van der Waals surface area contributed by atoms with Crippen LogP contribution in [0.15, 0.2) is 24.4 Å². The fraction of sp³-hybridized carbons (Fsp3) is 0.619. The molecule has 5 nitrogen and oxygen atoms in total. The molecule has 2 saturated carbocycles. The lowest BCUT2D eigenvalue weighted by Crippen LogP contribution is -2.66. The van der Waals surface area contributed by atoms with Gasteiger partial charge in [-0.2, -0.15) is 5.10 Å². The summed E-state index contributed by atoms with van der Waals surface area (Å²) in [6.45, 7) is 3.69. The minimum atomic E-state index is -0.612. The smallest absolute Gasteiger partial charge is 0.225 e. The van der Waals surface area contributed by atoms with Crippen LogP contribution in [0, 0.1) is 17.3 Å². The number of likely N-dealkylation sites (tertiary alicyclic amines) is 1. The predicted octanol–water partition coefficient (Wildman–Crippen LogP) is 2.52. The second-order valence-electron chi connectivity index (χ2n) is 9.44. The number of nitrogens with zero attached hydrogens (tertiary/aromatic N) is 3. The Morgan fingerprint density at radius 2 is 2.00 bits per heavy atom. The Morgan fingerprint density at radius 1 is 1.27 bits per heavy atom. The molecule has 1 aromatic carbocycles. The van der Waals surface area contributed by atoms with E-state index in [1.54, 1.807) is 0 Å². The molecule has 1 aromatic heterocycles. The van der Waals surface area contributed by atoms with Crippen LogP contribution in [0.5, 0.6) is 0 Å². The zero-order valence-corrected chi connectivity index (χ0v) is 15.6. The third-order valence-electron chi connectivity index (χ3n) is 6.87. The SMILES string of the molecule is Cn1ncc2ccc(CC3CC4(C3)CN(C(=O)C3CC(C)(O)C3)C4)cc21. The number of aryl methyl sites for hydroxylation is 1. The number of aliphatic hydroxyl groups is 1. The van der Waals surface area contributed by atoms with Crippen molar-refractivity contribution in [1.29, 1.82) is 0 Å². The number of carbonyl (C=O) groups is 1. The molecule has 1 spiro atoms. The van der Waals surface area contributed by atoms with Crippen LogP contribution in [0.2, 0.25) is 0 Å². The fourth-order valence-corrected chi connectivity index (χ4v) is 5.57. The van der Waals surface area contributed by atoms with Gasteiger partial charge >= 0.3 is 0 Å². The van der Waals surface area contributed by atoms with E-state index in [4.69, 9.17) is 0 Å². The Morgan fingerprint density at radius 3 is 2.69 bits per heavy atom. The summed E-state index contributed by atoms with van der Waals surface area (Å²) in [5, 5.41) is 15.4. The van der Waals surface area contributed by atoms with Crippen LogP contribution in [0.1, 0.15) is 38.2 Å². The molecule has 2 aromatic rings. The van der Waals surface area contributed by atoms with Crippen LogP contribution >= 0.6 is 0 Å². The summed E-state index contributed by atoms with van der Waals surface area (Å²) in [7, 11) is 1.99. The summed E-state index contributed by atoms with van der Waals surface area (Å²) in [6, 6.07) is 6.67. The lowest BCUT2D eigenvalue weighted by Gasteiger charge is -2.60. The zero-order chi connectivity index (χ0) is 18.1. The van der Waals surface area contributed by atoms with Crippen molar-refractivity contribution in [3.8, 4) is 0 Å². The molecule has 26 heavy (non-hydrogen) atoms.